The highest BCUT2D eigenvalue weighted by Gasteiger charge is 2.31. The maximum absolute atomic E-state index is 13.7. The second-order valence-electron chi connectivity index (χ2n) is 8.01. The molecular weight excluding hydrogens is 407 g/mol. The Bertz CT molecular complexity index is 972. The van der Waals surface area contributed by atoms with Gasteiger partial charge in [-0.3, -0.25) is 0 Å². The third-order valence-electron chi connectivity index (χ3n) is 5.91. The van der Waals surface area contributed by atoms with Crippen molar-refractivity contribution < 1.29 is 13.9 Å². The number of anilines is 2. The second-order valence-corrected chi connectivity index (χ2v) is 9.50. The fourth-order valence-electron chi connectivity index (χ4n) is 4.34. The number of methoxy groups -OCH3 is 1. The number of rotatable bonds is 2. The van der Waals surface area contributed by atoms with Gasteiger partial charge in [0.1, 0.15) is 10.8 Å². The van der Waals surface area contributed by atoms with Crippen molar-refractivity contribution in [2.75, 3.05) is 17.3 Å². The van der Waals surface area contributed by atoms with E-state index in [-0.39, 0.29) is 17.8 Å². The lowest BCUT2D eigenvalue weighted by atomic mass is 9.88. The standard InChI is InChI=1S/C22H25FN2O2S2/c1-12-4-8-16-18(10-12)29-20(19(16)21(26)27-3)24-22(28)25-13(2)5-6-14-11-15(23)7-9-17(14)25/h7,9,11-13H,4-6,8,10H2,1-3H3,(H,24,28). The highest BCUT2D eigenvalue weighted by molar-refractivity contribution is 7.80. The molecule has 4 rings (SSSR count). The zero-order valence-electron chi connectivity index (χ0n) is 16.9. The van der Waals surface area contributed by atoms with Crippen LogP contribution in [-0.2, 0) is 24.0 Å². The van der Waals surface area contributed by atoms with E-state index >= 15 is 0 Å². The number of ether oxygens (including phenoxy) is 1. The Balaban J connectivity index is 1.68. The fourth-order valence-corrected chi connectivity index (χ4v) is 6.19. The predicted octanol–water partition coefficient (Wildman–Crippen LogP) is 5.34. The van der Waals surface area contributed by atoms with Gasteiger partial charge in [0, 0.05) is 16.6 Å². The molecule has 4 nitrogen and oxygen atoms in total. The van der Waals surface area contributed by atoms with Crippen LogP contribution in [0.25, 0.3) is 0 Å². The molecule has 0 saturated heterocycles. The Labute approximate surface area is 180 Å². The number of fused-ring (bicyclic) bond motifs is 2. The number of thiocarbonyl (C=S) groups is 1. The molecule has 2 aromatic rings. The molecule has 2 heterocycles. The van der Waals surface area contributed by atoms with Crippen molar-refractivity contribution in [3.05, 3.63) is 45.6 Å². The molecule has 0 spiro atoms. The number of carbonyl (C=O) groups is 1. The third-order valence-corrected chi connectivity index (χ3v) is 7.38. The molecule has 1 aliphatic heterocycles. The number of thiophene rings is 1. The minimum absolute atomic E-state index is 0.184. The zero-order chi connectivity index (χ0) is 20.7. The van der Waals surface area contributed by atoms with Crippen molar-refractivity contribution in [1.82, 2.24) is 0 Å². The van der Waals surface area contributed by atoms with E-state index in [1.54, 1.807) is 23.5 Å². The highest BCUT2D eigenvalue weighted by Crippen LogP contribution is 2.41. The van der Waals surface area contributed by atoms with Gasteiger partial charge in [0.2, 0.25) is 0 Å². The van der Waals surface area contributed by atoms with Crippen molar-refractivity contribution in [3.63, 3.8) is 0 Å². The summed E-state index contributed by atoms with van der Waals surface area (Å²) in [7, 11) is 1.41. The Hall–Kier alpha value is -1.99. The number of esters is 1. The number of carbonyl (C=O) groups excluding carboxylic acids is 1. The van der Waals surface area contributed by atoms with Gasteiger partial charge in [-0.1, -0.05) is 6.92 Å². The first-order valence-electron chi connectivity index (χ1n) is 10.0. The summed E-state index contributed by atoms with van der Waals surface area (Å²) in [5, 5.41) is 4.62. The number of halogens is 1. The van der Waals surface area contributed by atoms with Crippen LogP contribution in [0.15, 0.2) is 18.2 Å². The van der Waals surface area contributed by atoms with Crippen LogP contribution < -0.4 is 10.2 Å². The molecule has 0 fully saturated rings. The quantitative estimate of drug-likeness (QED) is 0.513. The maximum atomic E-state index is 13.7. The van der Waals surface area contributed by atoms with E-state index in [4.69, 9.17) is 17.0 Å². The topological polar surface area (TPSA) is 41.6 Å². The summed E-state index contributed by atoms with van der Waals surface area (Å²) in [6, 6.07) is 5.03. The van der Waals surface area contributed by atoms with E-state index in [0.29, 0.717) is 16.6 Å². The second kappa shape index (κ2) is 8.03. The zero-order valence-corrected chi connectivity index (χ0v) is 18.5. The van der Waals surface area contributed by atoms with Gasteiger partial charge in [-0.15, -0.1) is 11.3 Å². The van der Waals surface area contributed by atoms with E-state index in [1.165, 1.54) is 18.1 Å². The molecule has 2 atom stereocenters. The summed E-state index contributed by atoms with van der Waals surface area (Å²) in [6.07, 6.45) is 4.64. The SMILES string of the molecule is COC(=O)c1c(NC(=S)N2c3ccc(F)cc3CCC2C)sc2c1CCC(C)C2. The van der Waals surface area contributed by atoms with Crippen LogP contribution in [-0.4, -0.2) is 24.2 Å². The molecule has 0 saturated carbocycles. The minimum Gasteiger partial charge on any atom is -0.465 e. The minimum atomic E-state index is -0.323. The normalized spacial score (nSPS) is 20.6. The summed E-state index contributed by atoms with van der Waals surface area (Å²) in [5.74, 6) is 0.0528. The summed E-state index contributed by atoms with van der Waals surface area (Å²) in [5.41, 5.74) is 3.60. The van der Waals surface area contributed by atoms with Crippen LogP contribution in [0.3, 0.4) is 0 Å². The molecule has 1 aliphatic carbocycles. The average Bonchev–Trinajstić information content (AvgIpc) is 3.03. The maximum Gasteiger partial charge on any atom is 0.341 e. The van der Waals surface area contributed by atoms with Crippen molar-refractivity contribution in [1.29, 1.82) is 0 Å². The molecule has 0 amide bonds. The first-order chi connectivity index (χ1) is 13.9. The number of nitrogens with zero attached hydrogens (tertiary/aromatic N) is 1. The molecule has 29 heavy (non-hydrogen) atoms. The molecule has 154 valence electrons. The molecule has 1 aromatic heterocycles. The van der Waals surface area contributed by atoms with Gasteiger partial charge in [-0.25, -0.2) is 9.18 Å². The van der Waals surface area contributed by atoms with Gasteiger partial charge in [0.15, 0.2) is 5.11 Å². The molecule has 1 aromatic carbocycles. The lowest BCUT2D eigenvalue weighted by Crippen LogP contribution is -2.44. The number of hydrogen-bond acceptors (Lipinski definition) is 4. The Morgan fingerprint density at radius 1 is 1.31 bits per heavy atom. The summed E-state index contributed by atoms with van der Waals surface area (Å²) in [6.45, 7) is 4.35. The lowest BCUT2D eigenvalue weighted by Gasteiger charge is -2.37. The molecule has 1 N–H and O–H groups in total. The van der Waals surface area contributed by atoms with Crippen LogP contribution in [0.2, 0.25) is 0 Å². The van der Waals surface area contributed by atoms with E-state index in [1.807, 2.05) is 4.90 Å². The van der Waals surface area contributed by atoms with Crippen molar-refractivity contribution in [2.45, 2.75) is 52.0 Å². The molecule has 2 aliphatic rings. The number of hydrogen-bond donors (Lipinski definition) is 1. The predicted molar refractivity (Wildman–Crippen MR) is 120 cm³/mol. The first-order valence-corrected chi connectivity index (χ1v) is 11.2. The number of nitrogens with one attached hydrogen (secondary N) is 1. The van der Waals surface area contributed by atoms with Gasteiger partial charge < -0.3 is 15.0 Å². The van der Waals surface area contributed by atoms with Crippen LogP contribution in [0, 0.1) is 11.7 Å². The molecule has 2 unspecified atom stereocenters. The third kappa shape index (κ3) is 3.78. The van der Waals surface area contributed by atoms with Crippen LogP contribution in [0.4, 0.5) is 15.1 Å². The molecule has 0 radical (unpaired) electrons. The summed E-state index contributed by atoms with van der Waals surface area (Å²) in [4.78, 5) is 15.8. The van der Waals surface area contributed by atoms with E-state index in [2.05, 4.69) is 19.2 Å². The van der Waals surface area contributed by atoms with E-state index in [0.717, 1.165) is 53.9 Å². The Morgan fingerprint density at radius 3 is 2.86 bits per heavy atom. The van der Waals surface area contributed by atoms with Gasteiger partial charge in [-0.2, -0.15) is 0 Å². The van der Waals surface area contributed by atoms with Crippen molar-refractivity contribution in [3.8, 4) is 0 Å². The van der Waals surface area contributed by atoms with E-state index < -0.39 is 0 Å². The highest BCUT2D eigenvalue weighted by atomic mass is 32.1. The molecular formula is C22H25FN2O2S2. The summed E-state index contributed by atoms with van der Waals surface area (Å²) < 4.78 is 18.8. The van der Waals surface area contributed by atoms with Gasteiger partial charge >= 0.3 is 5.97 Å². The monoisotopic (exact) mass is 432 g/mol. The van der Waals surface area contributed by atoms with Crippen LogP contribution in [0.5, 0.6) is 0 Å². The molecule has 0 bridgehead atoms. The van der Waals surface area contributed by atoms with Gasteiger partial charge in [-0.05, 0) is 86.5 Å². The Kier molecular flexibility index (Phi) is 5.62. The summed E-state index contributed by atoms with van der Waals surface area (Å²) >= 11 is 7.36. The van der Waals surface area contributed by atoms with Crippen molar-refractivity contribution in [2.24, 2.45) is 5.92 Å². The largest absolute Gasteiger partial charge is 0.465 e. The molecule has 7 heteroatoms. The lowest BCUT2D eigenvalue weighted by molar-refractivity contribution is 0.0601. The van der Waals surface area contributed by atoms with Crippen molar-refractivity contribution >= 4 is 45.3 Å². The van der Waals surface area contributed by atoms with E-state index in [9.17, 15) is 9.18 Å². The average molecular weight is 433 g/mol. The van der Waals surface area contributed by atoms with Gasteiger partial charge in [0.25, 0.3) is 0 Å². The number of benzene rings is 1. The van der Waals surface area contributed by atoms with Gasteiger partial charge in [0.05, 0.1) is 12.7 Å². The Morgan fingerprint density at radius 2 is 2.10 bits per heavy atom. The van der Waals surface area contributed by atoms with Crippen LogP contribution in [0.1, 0.15) is 53.1 Å². The first kappa shape index (κ1) is 20.3. The smallest absolute Gasteiger partial charge is 0.341 e. The number of aryl methyl sites for hydroxylation is 1. The fraction of sp³-hybridized carbons (Fsp3) is 0.455. The van der Waals surface area contributed by atoms with Crippen LogP contribution >= 0.6 is 23.6 Å².